The van der Waals surface area contributed by atoms with Crippen molar-refractivity contribution >= 4 is 23.5 Å². The summed E-state index contributed by atoms with van der Waals surface area (Å²) in [6, 6.07) is 20.3. The van der Waals surface area contributed by atoms with Crippen LogP contribution in [0.1, 0.15) is 50.8 Å². The number of benzene rings is 3. The number of ether oxygens (including phenoxy) is 1. The van der Waals surface area contributed by atoms with Crippen molar-refractivity contribution in [1.29, 1.82) is 0 Å². The number of imide groups is 1. The summed E-state index contributed by atoms with van der Waals surface area (Å²) in [5.41, 5.74) is 4.43. The molecule has 0 saturated carbocycles. The van der Waals surface area contributed by atoms with Crippen LogP contribution >= 0.6 is 0 Å². The highest BCUT2D eigenvalue weighted by atomic mass is 16.5. The van der Waals surface area contributed by atoms with E-state index in [1.165, 1.54) is 4.90 Å². The third-order valence-electron chi connectivity index (χ3n) is 6.35. The fourth-order valence-corrected chi connectivity index (χ4v) is 4.31. The van der Waals surface area contributed by atoms with Crippen molar-refractivity contribution in [3.05, 3.63) is 94.5 Å². The molecule has 3 aromatic rings. The minimum Gasteiger partial charge on any atom is -0.496 e. The third kappa shape index (κ3) is 4.57. The number of methoxy groups -OCH3 is 1. The summed E-state index contributed by atoms with van der Waals surface area (Å²) in [4.78, 5) is 38.0. The maximum absolute atomic E-state index is 12.8. The first-order chi connectivity index (χ1) is 16.4. The molecule has 0 unspecified atom stereocenters. The molecule has 34 heavy (non-hydrogen) atoms. The fourth-order valence-electron chi connectivity index (χ4n) is 4.31. The highest BCUT2D eigenvalue weighted by Crippen LogP contribution is 2.32. The van der Waals surface area contributed by atoms with E-state index in [9.17, 15) is 19.5 Å². The second kappa shape index (κ2) is 9.91. The first-order valence-electron chi connectivity index (χ1n) is 11.4. The van der Waals surface area contributed by atoms with E-state index < -0.39 is 5.97 Å². The number of rotatable bonds is 9. The highest BCUT2D eigenvalue weighted by Gasteiger charge is 2.36. The molecule has 2 amide bonds. The molecule has 1 aliphatic heterocycles. The molecule has 174 valence electrons. The molecule has 3 aromatic carbocycles. The zero-order chi connectivity index (χ0) is 24.2. The number of carbonyl (C=O) groups is 3. The smallest absolute Gasteiger partial charge is 0.306 e. The van der Waals surface area contributed by atoms with Gasteiger partial charge in [0.25, 0.3) is 11.8 Å². The predicted molar refractivity (Wildman–Crippen MR) is 130 cm³/mol. The van der Waals surface area contributed by atoms with Crippen molar-refractivity contribution in [2.45, 2.75) is 32.6 Å². The lowest BCUT2D eigenvalue weighted by molar-refractivity contribution is -0.141. The number of aryl methyl sites for hydroxylation is 2. The average molecular weight is 458 g/mol. The molecule has 0 bridgehead atoms. The van der Waals surface area contributed by atoms with Gasteiger partial charge in [-0.15, -0.1) is 0 Å². The van der Waals surface area contributed by atoms with Crippen LogP contribution in [0.5, 0.6) is 5.75 Å². The lowest BCUT2D eigenvalue weighted by atomic mass is 9.95. The third-order valence-corrected chi connectivity index (χ3v) is 6.35. The summed E-state index contributed by atoms with van der Waals surface area (Å²) in [6.45, 7) is 1.89. The van der Waals surface area contributed by atoms with Crippen LogP contribution in [0.2, 0.25) is 0 Å². The van der Waals surface area contributed by atoms with Crippen LogP contribution in [0.3, 0.4) is 0 Å². The van der Waals surface area contributed by atoms with Crippen LogP contribution in [-0.4, -0.2) is 30.0 Å². The van der Waals surface area contributed by atoms with Gasteiger partial charge in [0.2, 0.25) is 0 Å². The Bertz CT molecular complexity index is 1200. The second-order valence-electron chi connectivity index (χ2n) is 8.45. The Kier molecular flexibility index (Phi) is 6.77. The Balaban J connectivity index is 1.46. The van der Waals surface area contributed by atoms with Crippen molar-refractivity contribution in [2.75, 3.05) is 12.0 Å². The lowest BCUT2D eigenvalue weighted by Crippen LogP contribution is -2.29. The molecule has 0 fully saturated rings. The van der Waals surface area contributed by atoms with Crippen LogP contribution in [-0.2, 0) is 24.1 Å². The zero-order valence-corrected chi connectivity index (χ0v) is 19.3. The molecule has 0 saturated heterocycles. The van der Waals surface area contributed by atoms with Gasteiger partial charge in [-0.2, -0.15) is 0 Å². The van der Waals surface area contributed by atoms with Gasteiger partial charge >= 0.3 is 5.97 Å². The quantitative estimate of drug-likeness (QED) is 0.461. The molecule has 1 N–H and O–H groups in total. The SMILES string of the molecule is CC[C@@H](Cc1ccc(CCc2ccc(N3C(=O)c4ccccc4C3=O)cc2OC)cc1)C(=O)O. The van der Waals surface area contributed by atoms with Gasteiger partial charge in [-0.3, -0.25) is 14.4 Å². The lowest BCUT2D eigenvalue weighted by Gasteiger charge is -2.17. The first-order valence-corrected chi connectivity index (χ1v) is 11.4. The summed E-state index contributed by atoms with van der Waals surface area (Å²) < 4.78 is 5.57. The minimum atomic E-state index is -0.761. The van der Waals surface area contributed by atoms with E-state index in [0.29, 0.717) is 35.4 Å². The van der Waals surface area contributed by atoms with Gasteiger partial charge in [0.05, 0.1) is 29.8 Å². The highest BCUT2D eigenvalue weighted by molar-refractivity contribution is 6.34. The molecule has 0 aromatic heterocycles. The van der Waals surface area contributed by atoms with Crippen LogP contribution in [0.25, 0.3) is 0 Å². The molecule has 6 heteroatoms. The number of nitrogens with zero attached hydrogens (tertiary/aromatic N) is 1. The maximum atomic E-state index is 12.8. The van der Waals surface area contributed by atoms with Crippen LogP contribution in [0.15, 0.2) is 66.7 Å². The molecular weight excluding hydrogens is 430 g/mol. The molecule has 1 atom stereocenters. The Morgan fingerprint density at radius 2 is 1.53 bits per heavy atom. The van der Waals surface area contributed by atoms with Gasteiger partial charge < -0.3 is 9.84 Å². The van der Waals surface area contributed by atoms with Crippen molar-refractivity contribution in [2.24, 2.45) is 5.92 Å². The first kappa shape index (κ1) is 23.2. The largest absolute Gasteiger partial charge is 0.496 e. The van der Waals surface area contributed by atoms with Crippen molar-refractivity contribution in [3.63, 3.8) is 0 Å². The Hall–Kier alpha value is -3.93. The van der Waals surface area contributed by atoms with Crippen LogP contribution in [0, 0.1) is 5.92 Å². The van der Waals surface area contributed by atoms with E-state index in [1.54, 1.807) is 43.5 Å². The van der Waals surface area contributed by atoms with Gasteiger partial charge in [0.15, 0.2) is 0 Å². The van der Waals surface area contributed by atoms with Gasteiger partial charge in [-0.1, -0.05) is 49.4 Å². The monoisotopic (exact) mass is 457 g/mol. The molecule has 0 radical (unpaired) electrons. The van der Waals surface area contributed by atoms with E-state index >= 15 is 0 Å². The van der Waals surface area contributed by atoms with Crippen LogP contribution < -0.4 is 9.64 Å². The molecule has 4 rings (SSSR count). The van der Waals surface area contributed by atoms with E-state index in [-0.39, 0.29) is 17.7 Å². The summed E-state index contributed by atoms with van der Waals surface area (Å²) >= 11 is 0. The maximum Gasteiger partial charge on any atom is 0.306 e. The minimum absolute atomic E-state index is 0.330. The Labute approximate surface area is 198 Å². The van der Waals surface area contributed by atoms with Crippen molar-refractivity contribution in [3.8, 4) is 5.75 Å². The topological polar surface area (TPSA) is 83.9 Å². The zero-order valence-electron chi connectivity index (χ0n) is 19.3. The summed E-state index contributed by atoms with van der Waals surface area (Å²) in [7, 11) is 1.58. The Morgan fingerprint density at radius 3 is 2.09 bits per heavy atom. The number of hydrogen-bond donors (Lipinski definition) is 1. The number of carboxylic acids is 1. The molecule has 0 aliphatic carbocycles. The fraction of sp³-hybridized carbons (Fsp3) is 0.250. The molecule has 6 nitrogen and oxygen atoms in total. The molecular formula is C28H27NO5. The van der Waals surface area contributed by atoms with E-state index in [0.717, 1.165) is 29.5 Å². The predicted octanol–water partition coefficient (Wildman–Crippen LogP) is 4.93. The summed E-state index contributed by atoms with van der Waals surface area (Å²) in [6.07, 6.45) is 2.63. The van der Waals surface area contributed by atoms with Gasteiger partial charge in [0, 0.05) is 6.07 Å². The normalized spacial score (nSPS) is 13.6. The summed E-state index contributed by atoms with van der Waals surface area (Å²) in [5.74, 6) is -1.16. The van der Waals surface area contributed by atoms with Crippen LogP contribution in [0.4, 0.5) is 5.69 Å². The van der Waals surface area contributed by atoms with Gasteiger partial charge in [0.1, 0.15) is 5.75 Å². The number of fused-ring (bicyclic) bond motifs is 1. The van der Waals surface area contributed by atoms with E-state index in [1.807, 2.05) is 37.3 Å². The average Bonchev–Trinajstić information content (AvgIpc) is 3.11. The number of carboxylic acid groups (broad SMARTS) is 1. The second-order valence-corrected chi connectivity index (χ2v) is 8.45. The van der Waals surface area contributed by atoms with Gasteiger partial charge in [-0.05, 0) is 60.6 Å². The van der Waals surface area contributed by atoms with Gasteiger partial charge in [-0.25, -0.2) is 4.90 Å². The molecule has 1 heterocycles. The van der Waals surface area contributed by atoms with E-state index in [4.69, 9.17) is 4.74 Å². The summed E-state index contributed by atoms with van der Waals surface area (Å²) in [5, 5.41) is 9.26. The Morgan fingerprint density at radius 1 is 0.912 bits per heavy atom. The molecule has 0 spiro atoms. The van der Waals surface area contributed by atoms with Crippen molar-refractivity contribution in [1.82, 2.24) is 0 Å². The van der Waals surface area contributed by atoms with Crippen molar-refractivity contribution < 1.29 is 24.2 Å². The molecule has 1 aliphatic rings. The number of hydrogen-bond acceptors (Lipinski definition) is 4. The number of anilines is 1. The standard InChI is InChI=1S/C28H27NO5/c1-3-20(28(32)33)16-19-10-8-18(9-11-19)12-13-21-14-15-22(17-25(21)34-2)29-26(30)23-6-4-5-7-24(23)27(29)31/h4-11,14-15,17,20H,3,12-13,16H2,1-2H3,(H,32,33)/t20-/m0/s1. The van der Waals surface area contributed by atoms with E-state index in [2.05, 4.69) is 0 Å². The number of amides is 2. The number of aliphatic carboxylic acids is 1. The number of carbonyl (C=O) groups excluding carboxylic acids is 2.